The summed E-state index contributed by atoms with van der Waals surface area (Å²) < 4.78 is 27.8. The second-order valence-electron chi connectivity index (χ2n) is 6.32. The Hall–Kier alpha value is -2.72. The fraction of sp³-hybridized carbons (Fsp3) is 0.222. The predicted molar refractivity (Wildman–Crippen MR) is 104 cm³/mol. The number of carbonyl (C=O) groups excluding carboxylic acids is 1. The Morgan fingerprint density at radius 1 is 1.07 bits per heavy atom. The summed E-state index contributed by atoms with van der Waals surface area (Å²) in [5, 5.41) is 12.4. The summed E-state index contributed by atoms with van der Waals surface area (Å²) in [6.45, 7) is 4.05. The van der Waals surface area contributed by atoms with E-state index in [0.717, 1.165) is 21.1 Å². The molecule has 1 aliphatic rings. The van der Waals surface area contributed by atoms with E-state index in [0.29, 0.717) is 10.9 Å². The van der Waals surface area contributed by atoms with Gasteiger partial charge < -0.3 is 0 Å². The third kappa shape index (κ3) is 2.98. The molecule has 1 aromatic heterocycles. The summed E-state index contributed by atoms with van der Waals surface area (Å²) in [6.07, 6.45) is 0. The van der Waals surface area contributed by atoms with Crippen molar-refractivity contribution < 1.29 is 13.2 Å². The van der Waals surface area contributed by atoms with Crippen molar-refractivity contribution in [2.45, 2.75) is 23.9 Å². The summed E-state index contributed by atoms with van der Waals surface area (Å²) in [4.78, 5) is 12.5. The molecule has 8 nitrogen and oxygen atoms in total. The molecular weight excluding hydrogens is 398 g/mol. The van der Waals surface area contributed by atoms with Crippen molar-refractivity contribution in [2.75, 3.05) is 12.3 Å². The van der Waals surface area contributed by atoms with Crippen molar-refractivity contribution in [2.24, 2.45) is 0 Å². The maximum atomic E-state index is 12.6. The molecule has 144 valence electrons. The number of carbonyl (C=O) groups is 1. The Morgan fingerprint density at radius 3 is 2.64 bits per heavy atom. The number of benzene rings is 2. The highest BCUT2D eigenvalue weighted by Crippen LogP contribution is 2.30. The molecule has 0 unspecified atom stereocenters. The van der Waals surface area contributed by atoms with Crippen LogP contribution in [0.15, 0.2) is 52.5 Å². The zero-order valence-electron chi connectivity index (χ0n) is 15.2. The molecule has 28 heavy (non-hydrogen) atoms. The zero-order chi connectivity index (χ0) is 19.9. The van der Waals surface area contributed by atoms with Crippen LogP contribution in [0.5, 0.6) is 0 Å². The van der Waals surface area contributed by atoms with E-state index in [1.165, 1.54) is 23.9 Å². The molecule has 0 fully saturated rings. The van der Waals surface area contributed by atoms with Gasteiger partial charge in [0.1, 0.15) is 4.90 Å². The Kier molecular flexibility index (Phi) is 4.68. The molecule has 2 heterocycles. The molecule has 0 saturated carbocycles. The van der Waals surface area contributed by atoms with E-state index in [9.17, 15) is 13.2 Å². The average molecular weight is 416 g/mol. The molecule has 0 bridgehead atoms. The lowest BCUT2D eigenvalue weighted by Crippen LogP contribution is -2.32. The van der Waals surface area contributed by atoms with Gasteiger partial charge in [0, 0.05) is 12.3 Å². The van der Waals surface area contributed by atoms with Crippen LogP contribution in [0.1, 0.15) is 21.5 Å². The Bertz CT molecular complexity index is 1170. The van der Waals surface area contributed by atoms with Gasteiger partial charge in [-0.2, -0.15) is 4.68 Å². The lowest BCUT2D eigenvalue weighted by molar-refractivity contribution is 0.0876. The lowest BCUT2D eigenvalue weighted by Gasteiger charge is -2.14. The topological polar surface area (TPSA) is 98.1 Å². The first-order valence-corrected chi connectivity index (χ1v) is 11.0. The van der Waals surface area contributed by atoms with Gasteiger partial charge in [-0.15, -0.1) is 5.10 Å². The number of aryl methyl sites for hydroxylation is 1. The minimum atomic E-state index is -3.80. The van der Waals surface area contributed by atoms with Crippen LogP contribution < -0.4 is 0 Å². The van der Waals surface area contributed by atoms with Crippen LogP contribution in [-0.2, 0) is 10.0 Å². The summed E-state index contributed by atoms with van der Waals surface area (Å²) in [7, 11) is -3.80. The molecule has 10 heteroatoms. The molecule has 3 aromatic rings. The number of nitrogens with zero attached hydrogens (tertiary/aromatic N) is 5. The molecule has 0 spiro atoms. The first-order chi connectivity index (χ1) is 13.4. The highest BCUT2D eigenvalue weighted by atomic mass is 32.2. The number of sulfonamides is 1. The van der Waals surface area contributed by atoms with Crippen molar-refractivity contribution in [1.82, 2.24) is 24.5 Å². The molecule has 0 saturated heterocycles. The third-order valence-electron chi connectivity index (χ3n) is 4.68. The SMILES string of the molecule is Cc1cccc(-n2nnnc2SCCN2C(=O)c3ccccc3S2(=O)=O)c1C. The number of aromatic nitrogens is 4. The second-order valence-corrected chi connectivity index (χ2v) is 9.21. The van der Waals surface area contributed by atoms with Crippen LogP contribution in [0.4, 0.5) is 0 Å². The van der Waals surface area contributed by atoms with E-state index in [1.807, 2.05) is 32.0 Å². The van der Waals surface area contributed by atoms with Gasteiger partial charge in [-0.1, -0.05) is 36.0 Å². The van der Waals surface area contributed by atoms with E-state index >= 15 is 0 Å². The highest BCUT2D eigenvalue weighted by Gasteiger charge is 2.40. The molecular formula is C18H17N5O3S2. The minimum Gasteiger partial charge on any atom is -0.268 e. The molecule has 0 radical (unpaired) electrons. The Labute approximate surface area is 166 Å². The van der Waals surface area contributed by atoms with Crippen LogP contribution in [0, 0.1) is 13.8 Å². The van der Waals surface area contributed by atoms with Crippen molar-refractivity contribution in [3.63, 3.8) is 0 Å². The summed E-state index contributed by atoms with van der Waals surface area (Å²) in [5.41, 5.74) is 3.26. The molecule has 1 amide bonds. The van der Waals surface area contributed by atoms with Crippen LogP contribution in [0.3, 0.4) is 0 Å². The Morgan fingerprint density at radius 2 is 1.86 bits per heavy atom. The lowest BCUT2D eigenvalue weighted by atomic mass is 10.1. The fourth-order valence-corrected chi connectivity index (χ4v) is 5.55. The molecule has 2 aromatic carbocycles. The third-order valence-corrected chi connectivity index (χ3v) is 7.42. The first kappa shape index (κ1) is 18.6. The van der Waals surface area contributed by atoms with Crippen LogP contribution in [-0.4, -0.2) is 51.1 Å². The largest absolute Gasteiger partial charge is 0.269 e. The number of hydrogen-bond acceptors (Lipinski definition) is 7. The van der Waals surface area contributed by atoms with Crippen molar-refractivity contribution in [1.29, 1.82) is 0 Å². The maximum Gasteiger partial charge on any atom is 0.269 e. The van der Waals surface area contributed by atoms with Crippen molar-refractivity contribution in [3.05, 3.63) is 59.2 Å². The van der Waals surface area contributed by atoms with Gasteiger partial charge >= 0.3 is 0 Å². The van der Waals surface area contributed by atoms with Gasteiger partial charge in [0.25, 0.3) is 15.9 Å². The minimum absolute atomic E-state index is 0.0418. The van der Waals surface area contributed by atoms with E-state index in [-0.39, 0.29) is 17.0 Å². The normalized spacial score (nSPS) is 15.1. The molecule has 0 aliphatic carbocycles. The quantitative estimate of drug-likeness (QED) is 0.589. The van der Waals surface area contributed by atoms with Gasteiger partial charge in [-0.05, 0) is 53.6 Å². The fourth-order valence-electron chi connectivity index (χ4n) is 3.06. The molecule has 0 atom stereocenters. The van der Waals surface area contributed by atoms with Gasteiger partial charge in [-0.3, -0.25) is 4.79 Å². The number of thioether (sulfide) groups is 1. The predicted octanol–water partition coefficient (Wildman–Crippen LogP) is 2.22. The van der Waals surface area contributed by atoms with Gasteiger partial charge in [0.2, 0.25) is 5.16 Å². The van der Waals surface area contributed by atoms with E-state index in [4.69, 9.17) is 0 Å². The summed E-state index contributed by atoms with van der Waals surface area (Å²) >= 11 is 1.30. The molecule has 4 rings (SSSR count). The van der Waals surface area contributed by atoms with Crippen LogP contribution >= 0.6 is 11.8 Å². The number of hydrogen-bond donors (Lipinski definition) is 0. The molecule has 1 aliphatic heterocycles. The molecule has 0 N–H and O–H groups in total. The van der Waals surface area contributed by atoms with E-state index in [2.05, 4.69) is 15.5 Å². The number of tetrazole rings is 1. The number of rotatable bonds is 5. The van der Waals surface area contributed by atoms with Gasteiger partial charge in [0.15, 0.2) is 0 Å². The monoisotopic (exact) mass is 415 g/mol. The highest BCUT2D eigenvalue weighted by molar-refractivity contribution is 7.99. The Balaban J connectivity index is 1.52. The van der Waals surface area contributed by atoms with E-state index < -0.39 is 15.9 Å². The average Bonchev–Trinajstić information content (AvgIpc) is 3.21. The zero-order valence-corrected chi connectivity index (χ0v) is 16.9. The van der Waals surface area contributed by atoms with E-state index in [1.54, 1.807) is 16.8 Å². The van der Waals surface area contributed by atoms with Crippen LogP contribution in [0.2, 0.25) is 0 Å². The smallest absolute Gasteiger partial charge is 0.268 e. The van der Waals surface area contributed by atoms with Gasteiger partial charge in [0.05, 0.1) is 11.3 Å². The van der Waals surface area contributed by atoms with Crippen LogP contribution in [0.25, 0.3) is 5.69 Å². The standard InChI is InChI=1S/C18H17N5O3S2/c1-12-6-5-8-15(13(12)2)23-18(19-20-21-23)27-11-10-22-17(24)14-7-3-4-9-16(14)28(22,25)26/h3-9H,10-11H2,1-2H3. The van der Waals surface area contributed by atoms with Gasteiger partial charge in [-0.25, -0.2) is 12.7 Å². The number of amides is 1. The second kappa shape index (κ2) is 7.02. The first-order valence-electron chi connectivity index (χ1n) is 8.55. The van der Waals surface area contributed by atoms with Crippen molar-refractivity contribution >= 4 is 27.7 Å². The summed E-state index contributed by atoms with van der Waals surface area (Å²) in [6, 6.07) is 12.1. The maximum absolute atomic E-state index is 12.6. The summed E-state index contributed by atoms with van der Waals surface area (Å²) in [5.74, 6) is -0.158. The van der Waals surface area contributed by atoms with Crippen molar-refractivity contribution in [3.8, 4) is 5.69 Å². The number of fused-ring (bicyclic) bond motifs is 1.